The first-order chi connectivity index (χ1) is 10.4. The Kier molecular flexibility index (Phi) is 4.87. The molecule has 0 aliphatic rings. The number of amides is 1. The van der Waals surface area contributed by atoms with Gasteiger partial charge in [0.25, 0.3) is 15.9 Å². The number of carbonyl (C=O) groups is 1. The van der Waals surface area contributed by atoms with Crippen LogP contribution in [0, 0.1) is 6.92 Å². The molecular weight excluding hydrogens is 320 g/mol. The molecule has 0 fully saturated rings. The molecule has 5 nitrogen and oxygen atoms in total. The van der Waals surface area contributed by atoms with Crippen LogP contribution in [0.1, 0.15) is 22.2 Å². The maximum Gasteiger partial charge on any atom is 0.264 e. The molecular formula is C15H18N2O3S2. The number of sulfonamides is 1. The van der Waals surface area contributed by atoms with Crippen molar-refractivity contribution in [2.75, 3.05) is 17.9 Å². The van der Waals surface area contributed by atoms with Gasteiger partial charge in [0.2, 0.25) is 0 Å². The SMILES string of the molecule is CCNC(=O)c1cc(S(=O)(=O)N(C)c2cccc(C)c2)cs1. The van der Waals surface area contributed by atoms with Gasteiger partial charge in [-0.3, -0.25) is 9.10 Å². The molecule has 1 N–H and O–H groups in total. The Morgan fingerprint density at radius 2 is 2.05 bits per heavy atom. The number of carbonyl (C=O) groups excluding carboxylic acids is 1. The maximum absolute atomic E-state index is 12.6. The number of nitrogens with zero attached hydrogens (tertiary/aromatic N) is 1. The third-order valence-corrected chi connectivity index (χ3v) is 6.00. The van der Waals surface area contributed by atoms with Crippen LogP contribution in [0.25, 0.3) is 0 Å². The first-order valence-electron chi connectivity index (χ1n) is 6.78. The third kappa shape index (κ3) is 3.31. The second-order valence-electron chi connectivity index (χ2n) is 4.82. The fraction of sp³-hybridized carbons (Fsp3) is 0.267. The van der Waals surface area contributed by atoms with Crippen molar-refractivity contribution in [2.45, 2.75) is 18.7 Å². The molecule has 22 heavy (non-hydrogen) atoms. The van der Waals surface area contributed by atoms with Crippen molar-refractivity contribution >= 4 is 33.0 Å². The Morgan fingerprint density at radius 1 is 1.32 bits per heavy atom. The zero-order valence-electron chi connectivity index (χ0n) is 12.7. The quantitative estimate of drug-likeness (QED) is 0.911. The topological polar surface area (TPSA) is 66.5 Å². The molecule has 0 saturated heterocycles. The van der Waals surface area contributed by atoms with Gasteiger partial charge in [0.1, 0.15) is 0 Å². The van der Waals surface area contributed by atoms with Crippen molar-refractivity contribution in [2.24, 2.45) is 0 Å². The number of hydrogen-bond acceptors (Lipinski definition) is 4. The van der Waals surface area contributed by atoms with E-state index in [-0.39, 0.29) is 10.8 Å². The first-order valence-corrected chi connectivity index (χ1v) is 9.10. The van der Waals surface area contributed by atoms with Crippen LogP contribution in [0.15, 0.2) is 40.6 Å². The van der Waals surface area contributed by atoms with Crippen molar-refractivity contribution in [1.29, 1.82) is 0 Å². The lowest BCUT2D eigenvalue weighted by Crippen LogP contribution is -2.26. The molecule has 1 aromatic heterocycles. The summed E-state index contributed by atoms with van der Waals surface area (Å²) in [7, 11) is -2.17. The highest BCUT2D eigenvalue weighted by molar-refractivity contribution is 7.93. The summed E-state index contributed by atoms with van der Waals surface area (Å²) >= 11 is 1.12. The van der Waals surface area contributed by atoms with E-state index in [2.05, 4.69) is 5.32 Å². The van der Waals surface area contributed by atoms with Gasteiger partial charge < -0.3 is 5.32 Å². The van der Waals surface area contributed by atoms with E-state index >= 15 is 0 Å². The van der Waals surface area contributed by atoms with Crippen LogP contribution in [0.2, 0.25) is 0 Å². The van der Waals surface area contributed by atoms with E-state index in [9.17, 15) is 13.2 Å². The largest absolute Gasteiger partial charge is 0.352 e. The van der Waals surface area contributed by atoms with Crippen LogP contribution in [-0.4, -0.2) is 27.9 Å². The average Bonchev–Trinajstić information content (AvgIpc) is 2.97. The van der Waals surface area contributed by atoms with Crippen molar-refractivity contribution < 1.29 is 13.2 Å². The Morgan fingerprint density at radius 3 is 2.68 bits per heavy atom. The number of aryl methyl sites for hydroxylation is 1. The third-order valence-electron chi connectivity index (χ3n) is 3.16. The van der Waals surface area contributed by atoms with Gasteiger partial charge in [-0.25, -0.2) is 8.42 Å². The lowest BCUT2D eigenvalue weighted by atomic mass is 10.2. The molecule has 0 radical (unpaired) electrons. The lowest BCUT2D eigenvalue weighted by molar-refractivity contribution is 0.0959. The highest BCUT2D eigenvalue weighted by atomic mass is 32.2. The van der Waals surface area contributed by atoms with Gasteiger partial charge in [-0.05, 0) is 37.6 Å². The molecule has 0 atom stereocenters. The second kappa shape index (κ2) is 6.50. The molecule has 7 heteroatoms. The molecule has 2 rings (SSSR count). The first kappa shape index (κ1) is 16.5. The van der Waals surface area contributed by atoms with Crippen LogP contribution in [0.5, 0.6) is 0 Å². The minimum Gasteiger partial charge on any atom is -0.352 e. The number of hydrogen-bond donors (Lipinski definition) is 1. The summed E-state index contributed by atoms with van der Waals surface area (Å²) in [5.41, 5.74) is 1.57. The fourth-order valence-corrected chi connectivity index (χ4v) is 4.31. The lowest BCUT2D eigenvalue weighted by Gasteiger charge is -2.19. The molecule has 118 valence electrons. The van der Waals surface area contributed by atoms with Gasteiger partial charge in [-0.1, -0.05) is 12.1 Å². The molecule has 1 heterocycles. The summed E-state index contributed by atoms with van der Waals surface area (Å²) < 4.78 is 26.5. The van der Waals surface area contributed by atoms with Crippen LogP contribution >= 0.6 is 11.3 Å². The standard InChI is InChI=1S/C15H18N2O3S2/c1-4-16-15(18)14-9-13(10-21-14)22(19,20)17(3)12-7-5-6-11(2)8-12/h5-10H,4H2,1-3H3,(H,16,18). The summed E-state index contributed by atoms with van der Waals surface area (Å²) in [5, 5.41) is 4.15. The number of rotatable bonds is 5. The Bertz CT molecular complexity index is 782. The zero-order valence-corrected chi connectivity index (χ0v) is 14.3. The van der Waals surface area contributed by atoms with E-state index in [1.54, 1.807) is 12.1 Å². The number of benzene rings is 1. The Hall–Kier alpha value is -1.86. The van der Waals surface area contributed by atoms with E-state index in [1.165, 1.54) is 22.8 Å². The summed E-state index contributed by atoms with van der Waals surface area (Å²) in [6.07, 6.45) is 0. The van der Waals surface area contributed by atoms with Crippen molar-refractivity contribution in [3.8, 4) is 0 Å². The molecule has 0 aliphatic heterocycles. The fourth-order valence-electron chi connectivity index (χ4n) is 1.94. The van der Waals surface area contributed by atoms with Gasteiger partial charge in [-0.2, -0.15) is 0 Å². The zero-order chi connectivity index (χ0) is 16.3. The molecule has 2 aromatic rings. The summed E-state index contributed by atoms with van der Waals surface area (Å²) in [4.78, 5) is 12.3. The van der Waals surface area contributed by atoms with Crippen molar-refractivity contribution in [3.05, 3.63) is 46.2 Å². The van der Waals surface area contributed by atoms with E-state index in [4.69, 9.17) is 0 Å². The van der Waals surface area contributed by atoms with Gasteiger partial charge >= 0.3 is 0 Å². The summed E-state index contributed by atoms with van der Waals surface area (Å²) in [6, 6.07) is 8.67. The van der Waals surface area contributed by atoms with Crippen molar-refractivity contribution in [1.82, 2.24) is 5.32 Å². The minimum atomic E-state index is -3.67. The minimum absolute atomic E-state index is 0.128. The molecule has 0 saturated carbocycles. The number of thiophene rings is 1. The smallest absolute Gasteiger partial charge is 0.264 e. The molecule has 1 aromatic carbocycles. The Balaban J connectivity index is 2.32. The van der Waals surface area contributed by atoms with E-state index in [0.717, 1.165) is 16.9 Å². The second-order valence-corrected chi connectivity index (χ2v) is 7.70. The van der Waals surface area contributed by atoms with Gasteiger partial charge in [0, 0.05) is 19.0 Å². The number of nitrogens with one attached hydrogen (secondary N) is 1. The van der Waals surface area contributed by atoms with Gasteiger partial charge in [0.05, 0.1) is 15.5 Å². The summed E-state index contributed by atoms with van der Waals surface area (Å²) in [5.74, 6) is -0.257. The van der Waals surface area contributed by atoms with Crippen LogP contribution < -0.4 is 9.62 Å². The molecule has 0 aliphatic carbocycles. The highest BCUT2D eigenvalue weighted by Gasteiger charge is 2.24. The van der Waals surface area contributed by atoms with E-state index < -0.39 is 10.0 Å². The van der Waals surface area contributed by atoms with Crippen molar-refractivity contribution in [3.63, 3.8) is 0 Å². The molecule has 0 unspecified atom stereocenters. The normalized spacial score (nSPS) is 11.2. The van der Waals surface area contributed by atoms with Gasteiger partial charge in [0.15, 0.2) is 0 Å². The summed E-state index contributed by atoms with van der Waals surface area (Å²) in [6.45, 7) is 4.22. The van der Waals surface area contributed by atoms with E-state index in [1.807, 2.05) is 26.0 Å². The molecule has 0 bridgehead atoms. The molecule has 0 spiro atoms. The highest BCUT2D eigenvalue weighted by Crippen LogP contribution is 2.26. The van der Waals surface area contributed by atoms with Crippen LogP contribution in [0.4, 0.5) is 5.69 Å². The predicted molar refractivity (Wildman–Crippen MR) is 89.1 cm³/mol. The molecule has 1 amide bonds. The average molecular weight is 338 g/mol. The maximum atomic E-state index is 12.6. The van der Waals surface area contributed by atoms with E-state index in [0.29, 0.717) is 17.1 Å². The van der Waals surface area contributed by atoms with Crippen LogP contribution in [-0.2, 0) is 10.0 Å². The predicted octanol–water partition coefficient (Wildman–Crippen LogP) is 2.63. The number of anilines is 1. The van der Waals surface area contributed by atoms with Gasteiger partial charge in [-0.15, -0.1) is 11.3 Å². The van der Waals surface area contributed by atoms with Crippen LogP contribution in [0.3, 0.4) is 0 Å². The monoisotopic (exact) mass is 338 g/mol. The Labute approximate surface area is 134 Å².